The van der Waals surface area contributed by atoms with E-state index < -0.39 is 0 Å². The molecule has 0 amide bonds. The molecule has 0 aliphatic carbocycles. The normalized spacial score (nSPS) is 20.4. The van der Waals surface area contributed by atoms with Crippen LogP contribution < -0.4 is 10.2 Å². The smallest absolute Gasteiger partial charge is 0.0407 e. The van der Waals surface area contributed by atoms with E-state index in [1.165, 1.54) is 31.5 Å². The Kier molecular flexibility index (Phi) is 4.08. The average molecular weight is 239 g/mol. The molecule has 1 aromatic carbocycles. The number of hydrogen-bond donors (Lipinski definition) is 1. The standard InChI is InChI=1S/C13H19ClN2/c1-15-9-8-12-3-2-10-16(12)13-6-4-11(14)5-7-13/h4-7,12,15H,2-3,8-10H2,1H3. The zero-order valence-corrected chi connectivity index (χ0v) is 10.5. The van der Waals surface area contributed by atoms with E-state index in [-0.39, 0.29) is 0 Å². The Labute approximate surface area is 103 Å². The molecule has 1 aromatic rings. The molecule has 0 radical (unpaired) electrons. The summed E-state index contributed by atoms with van der Waals surface area (Å²) in [5, 5.41) is 4.04. The van der Waals surface area contributed by atoms with Crippen molar-refractivity contribution in [3.05, 3.63) is 29.3 Å². The van der Waals surface area contributed by atoms with Crippen LogP contribution in [0.25, 0.3) is 0 Å². The van der Waals surface area contributed by atoms with Crippen LogP contribution in [-0.2, 0) is 0 Å². The van der Waals surface area contributed by atoms with Crippen LogP contribution in [0.4, 0.5) is 5.69 Å². The third kappa shape index (κ3) is 2.69. The van der Waals surface area contributed by atoms with E-state index >= 15 is 0 Å². The van der Waals surface area contributed by atoms with Gasteiger partial charge in [0.05, 0.1) is 0 Å². The summed E-state index contributed by atoms with van der Waals surface area (Å²) in [6.07, 6.45) is 3.83. The van der Waals surface area contributed by atoms with Gasteiger partial charge < -0.3 is 10.2 Å². The second-order valence-corrected chi connectivity index (χ2v) is 4.79. The van der Waals surface area contributed by atoms with Gasteiger partial charge >= 0.3 is 0 Å². The van der Waals surface area contributed by atoms with Gasteiger partial charge in [0.25, 0.3) is 0 Å². The predicted molar refractivity (Wildman–Crippen MR) is 70.4 cm³/mol. The molecule has 2 rings (SSSR count). The number of anilines is 1. The molecule has 1 heterocycles. The van der Waals surface area contributed by atoms with E-state index in [0.29, 0.717) is 6.04 Å². The first kappa shape index (κ1) is 11.7. The Morgan fingerprint density at radius 3 is 2.81 bits per heavy atom. The van der Waals surface area contributed by atoms with Gasteiger partial charge in [-0.2, -0.15) is 0 Å². The summed E-state index contributed by atoms with van der Waals surface area (Å²) in [4.78, 5) is 2.51. The quantitative estimate of drug-likeness (QED) is 0.868. The van der Waals surface area contributed by atoms with Crippen LogP contribution in [0.5, 0.6) is 0 Å². The molecule has 0 spiro atoms. The van der Waals surface area contributed by atoms with Gasteiger partial charge in [0, 0.05) is 23.3 Å². The molecule has 1 unspecified atom stereocenters. The highest BCUT2D eigenvalue weighted by atomic mass is 35.5. The highest BCUT2D eigenvalue weighted by molar-refractivity contribution is 6.30. The van der Waals surface area contributed by atoms with Gasteiger partial charge in [0.1, 0.15) is 0 Å². The fourth-order valence-corrected chi connectivity index (χ4v) is 2.55. The van der Waals surface area contributed by atoms with Gasteiger partial charge in [0.15, 0.2) is 0 Å². The Hall–Kier alpha value is -0.730. The summed E-state index contributed by atoms with van der Waals surface area (Å²) >= 11 is 5.91. The minimum atomic E-state index is 0.689. The molecule has 2 nitrogen and oxygen atoms in total. The van der Waals surface area contributed by atoms with Crippen molar-refractivity contribution in [3.8, 4) is 0 Å². The van der Waals surface area contributed by atoms with E-state index in [1.807, 2.05) is 19.2 Å². The molecule has 1 atom stereocenters. The van der Waals surface area contributed by atoms with Crippen molar-refractivity contribution in [1.29, 1.82) is 0 Å². The maximum absolute atomic E-state index is 5.91. The topological polar surface area (TPSA) is 15.3 Å². The number of nitrogens with one attached hydrogen (secondary N) is 1. The van der Waals surface area contributed by atoms with Crippen molar-refractivity contribution < 1.29 is 0 Å². The zero-order chi connectivity index (χ0) is 11.4. The molecule has 1 N–H and O–H groups in total. The van der Waals surface area contributed by atoms with E-state index in [2.05, 4.69) is 22.3 Å². The first-order chi connectivity index (χ1) is 7.81. The van der Waals surface area contributed by atoms with Crippen LogP contribution in [-0.4, -0.2) is 26.2 Å². The Morgan fingerprint density at radius 1 is 1.38 bits per heavy atom. The maximum atomic E-state index is 5.91. The Balaban J connectivity index is 2.04. The van der Waals surface area contributed by atoms with Gasteiger partial charge in [-0.25, -0.2) is 0 Å². The molecule has 1 fully saturated rings. The number of rotatable bonds is 4. The minimum absolute atomic E-state index is 0.689. The van der Waals surface area contributed by atoms with Gasteiger partial charge in [-0.3, -0.25) is 0 Å². The fourth-order valence-electron chi connectivity index (χ4n) is 2.42. The lowest BCUT2D eigenvalue weighted by molar-refractivity contribution is 0.585. The van der Waals surface area contributed by atoms with Crippen molar-refractivity contribution in [3.63, 3.8) is 0 Å². The van der Waals surface area contributed by atoms with E-state index in [1.54, 1.807) is 0 Å². The third-order valence-electron chi connectivity index (χ3n) is 3.26. The van der Waals surface area contributed by atoms with Gasteiger partial charge in [-0.1, -0.05) is 11.6 Å². The summed E-state index contributed by atoms with van der Waals surface area (Å²) in [6, 6.07) is 8.89. The van der Waals surface area contributed by atoms with E-state index in [4.69, 9.17) is 11.6 Å². The molecule has 0 bridgehead atoms. The number of benzene rings is 1. The molecule has 88 valence electrons. The molecular weight excluding hydrogens is 220 g/mol. The predicted octanol–water partition coefficient (Wildman–Crippen LogP) is 2.92. The van der Waals surface area contributed by atoms with Crippen molar-refractivity contribution >= 4 is 17.3 Å². The SMILES string of the molecule is CNCCC1CCCN1c1ccc(Cl)cc1. The lowest BCUT2D eigenvalue weighted by atomic mass is 10.1. The Bertz CT molecular complexity index is 323. The van der Waals surface area contributed by atoms with Crippen molar-refractivity contribution in [2.45, 2.75) is 25.3 Å². The largest absolute Gasteiger partial charge is 0.368 e. The fraction of sp³-hybridized carbons (Fsp3) is 0.538. The molecule has 0 aromatic heterocycles. The minimum Gasteiger partial charge on any atom is -0.368 e. The summed E-state index contributed by atoms with van der Waals surface area (Å²) < 4.78 is 0. The van der Waals surface area contributed by atoms with Crippen LogP contribution in [0.15, 0.2) is 24.3 Å². The van der Waals surface area contributed by atoms with E-state index in [9.17, 15) is 0 Å². The molecular formula is C13H19ClN2. The van der Waals surface area contributed by atoms with Gasteiger partial charge in [0.2, 0.25) is 0 Å². The lowest BCUT2D eigenvalue weighted by Crippen LogP contribution is -2.31. The summed E-state index contributed by atoms with van der Waals surface area (Å²) in [6.45, 7) is 2.27. The van der Waals surface area contributed by atoms with Crippen molar-refractivity contribution in [2.24, 2.45) is 0 Å². The molecule has 1 saturated heterocycles. The first-order valence-corrected chi connectivity index (χ1v) is 6.36. The lowest BCUT2D eigenvalue weighted by Gasteiger charge is -2.26. The molecule has 3 heteroatoms. The highest BCUT2D eigenvalue weighted by Gasteiger charge is 2.23. The van der Waals surface area contributed by atoms with Crippen molar-refractivity contribution in [1.82, 2.24) is 5.32 Å². The van der Waals surface area contributed by atoms with E-state index in [0.717, 1.165) is 11.6 Å². The summed E-state index contributed by atoms with van der Waals surface area (Å²) in [5.41, 5.74) is 1.31. The maximum Gasteiger partial charge on any atom is 0.0407 e. The molecule has 1 aliphatic heterocycles. The summed E-state index contributed by atoms with van der Waals surface area (Å²) in [7, 11) is 2.02. The first-order valence-electron chi connectivity index (χ1n) is 5.98. The second kappa shape index (κ2) is 5.55. The van der Waals surface area contributed by atoms with Crippen LogP contribution in [0.2, 0.25) is 5.02 Å². The summed E-state index contributed by atoms with van der Waals surface area (Å²) in [5.74, 6) is 0. The monoisotopic (exact) mass is 238 g/mol. The molecule has 16 heavy (non-hydrogen) atoms. The van der Waals surface area contributed by atoms with Crippen LogP contribution in [0, 0.1) is 0 Å². The molecule has 1 aliphatic rings. The molecule has 0 saturated carbocycles. The van der Waals surface area contributed by atoms with Crippen molar-refractivity contribution in [2.75, 3.05) is 25.0 Å². The van der Waals surface area contributed by atoms with Gasteiger partial charge in [-0.15, -0.1) is 0 Å². The second-order valence-electron chi connectivity index (χ2n) is 4.36. The number of hydrogen-bond acceptors (Lipinski definition) is 2. The third-order valence-corrected chi connectivity index (χ3v) is 3.51. The zero-order valence-electron chi connectivity index (χ0n) is 9.75. The van der Waals surface area contributed by atoms with Crippen LogP contribution >= 0.6 is 11.6 Å². The van der Waals surface area contributed by atoms with Crippen LogP contribution in [0.3, 0.4) is 0 Å². The number of halogens is 1. The Morgan fingerprint density at radius 2 is 2.12 bits per heavy atom. The van der Waals surface area contributed by atoms with Gasteiger partial charge in [-0.05, 0) is 57.1 Å². The highest BCUT2D eigenvalue weighted by Crippen LogP contribution is 2.27. The number of nitrogens with zero attached hydrogens (tertiary/aromatic N) is 1. The average Bonchev–Trinajstić information content (AvgIpc) is 2.75. The van der Waals surface area contributed by atoms with Crippen LogP contribution in [0.1, 0.15) is 19.3 Å².